The molecule has 0 spiro atoms. The topological polar surface area (TPSA) is 47.6 Å². The molecule has 1 N–H and O–H groups in total. The Bertz CT molecular complexity index is 706. The Hall–Kier alpha value is -1.91. The number of hydrogen-bond acceptors (Lipinski definition) is 3. The summed E-state index contributed by atoms with van der Waals surface area (Å²) in [6.07, 6.45) is -0.245. The number of halogens is 2. The van der Waals surface area contributed by atoms with E-state index in [2.05, 4.69) is 5.32 Å². The first-order valence-electron chi connectivity index (χ1n) is 6.75. The molecule has 0 fully saturated rings. The predicted octanol–water partition coefficient (Wildman–Crippen LogP) is 3.56. The number of hydrogen-bond donors (Lipinski definition) is 1. The van der Waals surface area contributed by atoms with Crippen LogP contribution in [0.4, 0.5) is 0 Å². The van der Waals surface area contributed by atoms with E-state index in [9.17, 15) is 4.79 Å². The summed E-state index contributed by atoms with van der Waals surface area (Å²) in [7, 11) is 0. The van der Waals surface area contributed by atoms with Crippen LogP contribution in [0.2, 0.25) is 10.0 Å². The largest absolute Gasteiger partial charge is 0.486 e. The summed E-state index contributed by atoms with van der Waals surface area (Å²) in [6, 6.07) is 12.2. The highest BCUT2D eigenvalue weighted by molar-refractivity contribution is 6.36. The van der Waals surface area contributed by atoms with Gasteiger partial charge in [-0.2, -0.15) is 0 Å². The zero-order valence-electron chi connectivity index (χ0n) is 11.5. The predicted molar refractivity (Wildman–Crippen MR) is 85.1 cm³/mol. The Morgan fingerprint density at radius 2 is 1.95 bits per heavy atom. The summed E-state index contributed by atoms with van der Waals surface area (Å²) < 4.78 is 11.4. The molecular weight excluding hydrogens is 325 g/mol. The van der Waals surface area contributed by atoms with Gasteiger partial charge in [-0.1, -0.05) is 35.3 Å². The van der Waals surface area contributed by atoms with Crippen LogP contribution < -0.4 is 14.8 Å². The highest BCUT2D eigenvalue weighted by atomic mass is 35.5. The molecule has 0 radical (unpaired) electrons. The van der Waals surface area contributed by atoms with Crippen LogP contribution in [0.5, 0.6) is 11.5 Å². The third-order valence-electron chi connectivity index (χ3n) is 3.23. The van der Waals surface area contributed by atoms with Gasteiger partial charge in [0.25, 0.3) is 5.91 Å². The summed E-state index contributed by atoms with van der Waals surface area (Å²) in [4.78, 5) is 12.1. The molecule has 1 aliphatic rings. The molecule has 1 atom stereocenters. The highest BCUT2D eigenvalue weighted by Crippen LogP contribution is 2.30. The summed E-state index contributed by atoms with van der Waals surface area (Å²) in [5, 5.41) is 3.59. The lowest BCUT2D eigenvalue weighted by Crippen LogP contribution is -2.40. The van der Waals surface area contributed by atoms with E-state index in [1.807, 2.05) is 24.3 Å². The minimum absolute atomic E-state index is 0.245. The standard InChI is InChI=1S/C16H13Cl2NO3/c17-10-5-6-12(13(18)7-10)16(20)19-8-11-9-21-14-3-1-2-4-15(14)22-11/h1-7,11H,8-9H2,(H,19,20)/t11-/m0/s1. The smallest absolute Gasteiger partial charge is 0.252 e. The van der Waals surface area contributed by atoms with Gasteiger partial charge in [0.2, 0.25) is 0 Å². The van der Waals surface area contributed by atoms with Crippen molar-refractivity contribution in [3.63, 3.8) is 0 Å². The van der Waals surface area contributed by atoms with Crippen molar-refractivity contribution in [1.82, 2.24) is 5.32 Å². The Morgan fingerprint density at radius 1 is 1.18 bits per heavy atom. The van der Waals surface area contributed by atoms with Crippen LogP contribution in [0.3, 0.4) is 0 Å². The van der Waals surface area contributed by atoms with Gasteiger partial charge >= 0.3 is 0 Å². The molecule has 0 unspecified atom stereocenters. The maximum Gasteiger partial charge on any atom is 0.252 e. The molecule has 0 bridgehead atoms. The lowest BCUT2D eigenvalue weighted by Gasteiger charge is -2.26. The van der Waals surface area contributed by atoms with Crippen molar-refractivity contribution in [3.8, 4) is 11.5 Å². The number of carbonyl (C=O) groups is 1. The maximum absolute atomic E-state index is 12.1. The number of benzene rings is 2. The van der Waals surface area contributed by atoms with Gasteiger partial charge in [0.15, 0.2) is 11.5 Å². The first-order valence-corrected chi connectivity index (χ1v) is 7.51. The fourth-order valence-corrected chi connectivity index (χ4v) is 2.63. The van der Waals surface area contributed by atoms with E-state index in [1.165, 1.54) is 6.07 Å². The van der Waals surface area contributed by atoms with Crippen molar-refractivity contribution in [2.45, 2.75) is 6.10 Å². The normalized spacial score (nSPS) is 16.2. The van der Waals surface area contributed by atoms with Crippen molar-refractivity contribution in [2.24, 2.45) is 0 Å². The van der Waals surface area contributed by atoms with Gasteiger partial charge in [-0.15, -0.1) is 0 Å². The van der Waals surface area contributed by atoms with Gasteiger partial charge in [-0.25, -0.2) is 0 Å². The third-order valence-corrected chi connectivity index (χ3v) is 3.78. The van der Waals surface area contributed by atoms with Gasteiger partial charge in [0, 0.05) is 5.02 Å². The van der Waals surface area contributed by atoms with Crippen LogP contribution in [0.25, 0.3) is 0 Å². The van der Waals surface area contributed by atoms with Crippen LogP contribution in [0.15, 0.2) is 42.5 Å². The Morgan fingerprint density at radius 3 is 2.73 bits per heavy atom. The molecule has 1 heterocycles. The molecule has 3 rings (SSSR count). The van der Waals surface area contributed by atoms with Gasteiger partial charge in [0.1, 0.15) is 12.7 Å². The molecule has 6 heteroatoms. The summed E-state index contributed by atoms with van der Waals surface area (Å²) in [5.41, 5.74) is 0.378. The highest BCUT2D eigenvalue weighted by Gasteiger charge is 2.21. The Labute approximate surface area is 137 Å². The maximum atomic E-state index is 12.1. The average Bonchev–Trinajstić information content (AvgIpc) is 2.52. The second kappa shape index (κ2) is 6.46. The monoisotopic (exact) mass is 337 g/mol. The van der Waals surface area contributed by atoms with Gasteiger partial charge in [-0.05, 0) is 30.3 Å². The van der Waals surface area contributed by atoms with Crippen LogP contribution >= 0.6 is 23.2 Å². The molecule has 1 amide bonds. The SMILES string of the molecule is O=C(NC[C@H]1COc2ccccc2O1)c1ccc(Cl)cc1Cl. The number of nitrogens with one attached hydrogen (secondary N) is 1. The van der Waals surface area contributed by atoms with E-state index in [4.69, 9.17) is 32.7 Å². The first kappa shape index (κ1) is 15.0. The molecule has 1 aliphatic heterocycles. The van der Waals surface area contributed by atoms with Gasteiger partial charge in [0.05, 0.1) is 17.1 Å². The zero-order valence-corrected chi connectivity index (χ0v) is 13.0. The number of rotatable bonds is 3. The quantitative estimate of drug-likeness (QED) is 0.931. The first-order chi connectivity index (χ1) is 10.6. The number of ether oxygens (including phenoxy) is 2. The van der Waals surface area contributed by atoms with Crippen LogP contribution in [-0.4, -0.2) is 25.2 Å². The number of fused-ring (bicyclic) bond motifs is 1. The zero-order chi connectivity index (χ0) is 15.5. The van der Waals surface area contributed by atoms with E-state index >= 15 is 0 Å². The second-order valence-electron chi connectivity index (χ2n) is 4.83. The van der Waals surface area contributed by atoms with E-state index in [0.717, 1.165) is 0 Å². The van der Waals surface area contributed by atoms with Crippen molar-refractivity contribution in [1.29, 1.82) is 0 Å². The second-order valence-corrected chi connectivity index (χ2v) is 5.68. The van der Waals surface area contributed by atoms with E-state index in [0.29, 0.717) is 40.3 Å². The van der Waals surface area contributed by atoms with Crippen LogP contribution in [-0.2, 0) is 0 Å². The summed E-state index contributed by atoms with van der Waals surface area (Å²) in [5.74, 6) is 1.12. The Kier molecular flexibility index (Phi) is 4.41. The summed E-state index contributed by atoms with van der Waals surface area (Å²) in [6.45, 7) is 0.706. The van der Waals surface area contributed by atoms with Crippen molar-refractivity contribution < 1.29 is 14.3 Å². The number of amides is 1. The van der Waals surface area contributed by atoms with Gasteiger partial charge < -0.3 is 14.8 Å². The lowest BCUT2D eigenvalue weighted by molar-refractivity contribution is 0.0789. The molecule has 2 aromatic rings. The van der Waals surface area contributed by atoms with Crippen LogP contribution in [0, 0.1) is 0 Å². The molecule has 0 saturated heterocycles. The molecule has 0 aromatic heterocycles. The average molecular weight is 338 g/mol. The lowest BCUT2D eigenvalue weighted by atomic mass is 10.2. The molecule has 0 aliphatic carbocycles. The Balaban J connectivity index is 1.60. The molecule has 0 saturated carbocycles. The van der Waals surface area contributed by atoms with E-state index < -0.39 is 0 Å². The fraction of sp³-hybridized carbons (Fsp3) is 0.188. The molecular formula is C16H13Cl2NO3. The van der Waals surface area contributed by atoms with E-state index in [-0.39, 0.29) is 12.0 Å². The van der Waals surface area contributed by atoms with Crippen molar-refractivity contribution in [3.05, 3.63) is 58.1 Å². The molecule has 2 aromatic carbocycles. The summed E-state index contributed by atoms with van der Waals surface area (Å²) >= 11 is 11.8. The van der Waals surface area contributed by atoms with Crippen molar-refractivity contribution >= 4 is 29.1 Å². The minimum atomic E-state index is -0.274. The minimum Gasteiger partial charge on any atom is -0.486 e. The van der Waals surface area contributed by atoms with E-state index in [1.54, 1.807) is 12.1 Å². The third kappa shape index (κ3) is 3.29. The molecule has 22 heavy (non-hydrogen) atoms. The van der Waals surface area contributed by atoms with Gasteiger partial charge in [-0.3, -0.25) is 4.79 Å². The van der Waals surface area contributed by atoms with Crippen LogP contribution in [0.1, 0.15) is 10.4 Å². The molecule has 4 nitrogen and oxygen atoms in total. The fourth-order valence-electron chi connectivity index (χ4n) is 2.14. The number of para-hydroxylation sites is 2. The van der Waals surface area contributed by atoms with Crippen molar-refractivity contribution in [2.75, 3.05) is 13.2 Å². The molecule has 114 valence electrons. The number of carbonyl (C=O) groups excluding carboxylic acids is 1.